The first-order valence-electron chi connectivity index (χ1n) is 3.83. The van der Waals surface area contributed by atoms with Gasteiger partial charge in [0.25, 0.3) is 10.1 Å². The van der Waals surface area contributed by atoms with Gasteiger partial charge < -0.3 is 0 Å². The first-order chi connectivity index (χ1) is 6.70. The second-order valence-electron chi connectivity index (χ2n) is 2.83. The second-order valence-corrected chi connectivity index (χ2v) is 5.45. The van der Waals surface area contributed by atoms with Gasteiger partial charge in [-0.15, -0.1) is 0 Å². The predicted octanol–water partition coefficient (Wildman–Crippen LogP) is -0.107. The SMILES string of the molecule is CS(=O)(=O)O.O=[N+]([O-])c1ccc[c]([Na])c1. The van der Waals surface area contributed by atoms with Gasteiger partial charge in [0.15, 0.2) is 0 Å². The van der Waals surface area contributed by atoms with E-state index in [2.05, 4.69) is 0 Å². The molecule has 1 aromatic rings. The molecule has 0 saturated heterocycles. The van der Waals surface area contributed by atoms with Crippen LogP contribution >= 0.6 is 0 Å². The Labute approximate surface area is 105 Å². The van der Waals surface area contributed by atoms with Crippen molar-refractivity contribution in [3.05, 3.63) is 34.4 Å². The summed E-state index contributed by atoms with van der Waals surface area (Å²) in [6.07, 6.45) is 0.715. The zero-order chi connectivity index (χ0) is 12.1. The summed E-state index contributed by atoms with van der Waals surface area (Å²) in [5.74, 6) is 0. The van der Waals surface area contributed by atoms with E-state index in [0.717, 1.165) is 30.7 Å². The number of hydrogen-bond donors (Lipinski definition) is 1. The van der Waals surface area contributed by atoms with Crippen molar-refractivity contribution in [2.75, 3.05) is 6.26 Å². The molecule has 78 valence electrons. The Morgan fingerprint density at radius 1 is 1.47 bits per heavy atom. The molecule has 1 N–H and O–H groups in total. The first-order valence-corrected chi connectivity index (χ1v) is 6.68. The van der Waals surface area contributed by atoms with Crippen LogP contribution in [0.2, 0.25) is 0 Å². The summed E-state index contributed by atoms with van der Waals surface area (Å²) in [5, 5.41) is 10.2. The van der Waals surface area contributed by atoms with E-state index in [1.54, 1.807) is 12.1 Å². The zero-order valence-electron chi connectivity index (χ0n) is 8.25. The van der Waals surface area contributed by atoms with Gasteiger partial charge in [-0.1, -0.05) is 0 Å². The van der Waals surface area contributed by atoms with Crippen molar-refractivity contribution < 1.29 is 17.9 Å². The molecule has 1 rings (SSSR count). The van der Waals surface area contributed by atoms with Crippen molar-refractivity contribution in [2.24, 2.45) is 0 Å². The van der Waals surface area contributed by atoms with Crippen molar-refractivity contribution in [1.82, 2.24) is 0 Å². The summed E-state index contributed by atoms with van der Waals surface area (Å²) in [6.45, 7) is 0. The topological polar surface area (TPSA) is 97.5 Å². The van der Waals surface area contributed by atoms with E-state index < -0.39 is 10.1 Å². The van der Waals surface area contributed by atoms with Crippen LogP contribution < -0.4 is 2.81 Å². The molecule has 0 aliphatic carbocycles. The molecule has 0 radical (unpaired) electrons. The Morgan fingerprint density at radius 3 is 2.20 bits per heavy atom. The van der Waals surface area contributed by atoms with Crippen LogP contribution in [0.15, 0.2) is 24.3 Å². The molecule has 0 aromatic heterocycles. The molecule has 1 aromatic carbocycles. The van der Waals surface area contributed by atoms with Gasteiger partial charge in [0.05, 0.1) is 6.26 Å². The van der Waals surface area contributed by atoms with Gasteiger partial charge in [-0.25, -0.2) is 0 Å². The molecule has 0 aliphatic heterocycles. The number of benzene rings is 1. The monoisotopic (exact) mass is 241 g/mol. The second kappa shape index (κ2) is 6.19. The molecule has 0 unspecified atom stereocenters. The van der Waals surface area contributed by atoms with Gasteiger partial charge >= 0.3 is 75.7 Å². The van der Waals surface area contributed by atoms with Crippen LogP contribution in [0.25, 0.3) is 0 Å². The van der Waals surface area contributed by atoms with Crippen LogP contribution in [-0.4, -0.2) is 52.1 Å². The summed E-state index contributed by atoms with van der Waals surface area (Å²) in [4.78, 5) is 9.80. The third-order valence-electron chi connectivity index (χ3n) is 1.21. The van der Waals surface area contributed by atoms with Crippen molar-refractivity contribution in [3.8, 4) is 0 Å². The van der Waals surface area contributed by atoms with E-state index in [4.69, 9.17) is 4.55 Å². The molecule has 0 spiro atoms. The van der Waals surface area contributed by atoms with E-state index in [1.807, 2.05) is 6.07 Å². The summed E-state index contributed by atoms with van der Waals surface area (Å²) >= 11 is 0.864. The fraction of sp³-hybridized carbons (Fsp3) is 0.143. The summed E-state index contributed by atoms with van der Waals surface area (Å²) in [5.41, 5.74) is 0.188. The first kappa shape index (κ1) is 14.5. The van der Waals surface area contributed by atoms with E-state index in [0.29, 0.717) is 6.26 Å². The molecule has 0 saturated carbocycles. The minimum absolute atomic E-state index is 0.188. The van der Waals surface area contributed by atoms with Gasteiger partial charge in [-0.3, -0.25) is 4.55 Å². The van der Waals surface area contributed by atoms with Gasteiger partial charge in [-0.05, 0) is 0 Å². The Kier molecular flexibility index (Phi) is 5.99. The minimum atomic E-state index is -3.67. The Morgan fingerprint density at radius 2 is 1.93 bits per heavy atom. The third kappa shape index (κ3) is 9.83. The van der Waals surface area contributed by atoms with Gasteiger partial charge in [0.2, 0.25) is 0 Å². The summed E-state index contributed by atoms with van der Waals surface area (Å²) < 4.78 is 26.9. The Bertz CT molecular complexity index is 436. The van der Waals surface area contributed by atoms with E-state index in [9.17, 15) is 18.5 Å². The van der Waals surface area contributed by atoms with E-state index >= 15 is 0 Å². The number of nitrogens with zero attached hydrogens (tertiary/aromatic N) is 1. The molecule has 6 nitrogen and oxygen atoms in total. The molecule has 0 amide bonds. The van der Waals surface area contributed by atoms with Crippen LogP contribution in [0.5, 0.6) is 0 Å². The fourth-order valence-corrected chi connectivity index (χ4v) is 1.23. The Balaban J connectivity index is 0.000000336. The predicted molar refractivity (Wildman–Crippen MR) is 56.0 cm³/mol. The fourth-order valence-electron chi connectivity index (χ4n) is 0.742. The maximum atomic E-state index is 10.2. The molecule has 0 atom stereocenters. The van der Waals surface area contributed by atoms with Crippen LogP contribution in [0, 0.1) is 10.1 Å². The molecule has 15 heavy (non-hydrogen) atoms. The molecule has 0 aliphatic rings. The number of hydrogen-bond acceptors (Lipinski definition) is 4. The molecular weight excluding hydrogens is 233 g/mol. The number of nitro benzene ring substituents is 1. The van der Waals surface area contributed by atoms with Gasteiger partial charge in [-0.2, -0.15) is 8.42 Å². The summed E-state index contributed by atoms with van der Waals surface area (Å²) in [6, 6.07) is 6.70. The maximum absolute atomic E-state index is 10.2. The van der Waals surface area contributed by atoms with Crippen LogP contribution in [0.3, 0.4) is 0 Å². The van der Waals surface area contributed by atoms with Crippen molar-refractivity contribution in [2.45, 2.75) is 0 Å². The molecule has 8 heteroatoms. The van der Waals surface area contributed by atoms with E-state index in [1.165, 1.54) is 6.07 Å². The number of nitro groups is 1. The van der Waals surface area contributed by atoms with Gasteiger partial charge in [0.1, 0.15) is 0 Å². The third-order valence-corrected chi connectivity index (χ3v) is 1.83. The van der Waals surface area contributed by atoms with Gasteiger partial charge in [0, 0.05) is 0 Å². The standard InChI is InChI=1S/C6H4NO2.CH4O3S.Na/c8-7(9)6-4-2-1-3-5-6;1-5(2,3)4;/h1-2,4-5H;1H3,(H,2,3,4);. The molecule has 0 heterocycles. The quantitative estimate of drug-likeness (QED) is 0.320. The average molecular weight is 241 g/mol. The summed E-state index contributed by atoms with van der Waals surface area (Å²) in [7, 11) is -3.67. The van der Waals surface area contributed by atoms with Crippen molar-refractivity contribution in [1.29, 1.82) is 0 Å². The van der Waals surface area contributed by atoms with Crippen LogP contribution in [0.4, 0.5) is 5.69 Å². The number of non-ortho nitro benzene ring substituents is 1. The molecular formula is C7H8NNaO5S. The number of rotatable bonds is 1. The van der Waals surface area contributed by atoms with Crippen LogP contribution in [-0.2, 0) is 10.1 Å². The molecule has 0 bridgehead atoms. The van der Waals surface area contributed by atoms with Crippen molar-refractivity contribution in [3.63, 3.8) is 0 Å². The Hall–Kier alpha value is -0.470. The normalized spacial score (nSPS) is 10.1. The average Bonchev–Trinajstić information content (AvgIpc) is 2.00. The van der Waals surface area contributed by atoms with E-state index in [-0.39, 0.29) is 10.6 Å². The zero-order valence-corrected chi connectivity index (χ0v) is 11.1. The van der Waals surface area contributed by atoms with Crippen molar-refractivity contribution >= 4 is 46.5 Å². The molecule has 0 fully saturated rings. The van der Waals surface area contributed by atoms with Crippen LogP contribution in [0.1, 0.15) is 0 Å².